The number of hydrogen-bond donors (Lipinski definition) is 0. The zero-order valence-electron chi connectivity index (χ0n) is 16.9. The van der Waals surface area contributed by atoms with E-state index in [4.69, 9.17) is 4.74 Å². The molecule has 1 fully saturated rings. The highest BCUT2D eigenvalue weighted by molar-refractivity contribution is 5.66. The molecule has 3 heterocycles. The van der Waals surface area contributed by atoms with Crippen molar-refractivity contribution in [2.45, 2.75) is 38.7 Å². The van der Waals surface area contributed by atoms with Gasteiger partial charge in [-0.3, -0.25) is 0 Å². The first-order valence-corrected chi connectivity index (χ1v) is 10.7. The first-order chi connectivity index (χ1) is 14.3. The first kappa shape index (κ1) is 18.2. The minimum atomic E-state index is 0.293. The summed E-state index contributed by atoms with van der Waals surface area (Å²) in [6.45, 7) is 4.13. The van der Waals surface area contributed by atoms with Gasteiger partial charge in [-0.15, -0.1) is 0 Å². The molecule has 1 aromatic heterocycles. The number of fused-ring (bicyclic) bond motifs is 1. The molecule has 1 atom stereocenters. The third-order valence-electron chi connectivity index (χ3n) is 6.32. The molecule has 0 N–H and O–H groups in total. The van der Waals surface area contributed by atoms with Gasteiger partial charge >= 0.3 is 0 Å². The lowest BCUT2D eigenvalue weighted by atomic mass is 9.88. The predicted octanol–water partition coefficient (Wildman–Crippen LogP) is 4.93. The summed E-state index contributed by atoms with van der Waals surface area (Å²) in [5.74, 6) is 2.52. The van der Waals surface area contributed by atoms with Crippen LogP contribution in [0.1, 0.15) is 30.9 Å². The zero-order valence-corrected chi connectivity index (χ0v) is 16.9. The molecule has 148 valence electrons. The van der Waals surface area contributed by atoms with Gasteiger partial charge in [-0.25, -0.2) is 9.97 Å². The maximum absolute atomic E-state index is 6.36. The number of aryl methyl sites for hydroxylation is 1. The third-order valence-corrected chi connectivity index (χ3v) is 6.32. The fourth-order valence-electron chi connectivity index (χ4n) is 4.51. The molecule has 0 saturated carbocycles. The van der Waals surface area contributed by atoms with Crippen LogP contribution >= 0.6 is 0 Å². The van der Waals surface area contributed by atoms with Crippen LogP contribution in [0, 0.1) is 5.92 Å². The number of nitrogens with zero attached hydrogens (tertiary/aromatic N) is 3. The number of rotatable bonds is 4. The molecule has 0 bridgehead atoms. The van der Waals surface area contributed by atoms with Crippen molar-refractivity contribution in [1.82, 2.24) is 9.97 Å². The van der Waals surface area contributed by atoms with E-state index in [0.717, 1.165) is 50.5 Å². The van der Waals surface area contributed by atoms with Crippen LogP contribution < -0.4 is 9.64 Å². The van der Waals surface area contributed by atoms with Gasteiger partial charge in [0.15, 0.2) is 0 Å². The van der Waals surface area contributed by atoms with Gasteiger partial charge in [0.25, 0.3) is 0 Å². The zero-order chi connectivity index (χ0) is 19.6. The van der Waals surface area contributed by atoms with Crippen molar-refractivity contribution in [2.24, 2.45) is 5.92 Å². The van der Waals surface area contributed by atoms with Crippen LogP contribution in [0.4, 0.5) is 5.95 Å². The molecule has 3 aromatic rings. The van der Waals surface area contributed by atoms with E-state index in [1.54, 1.807) is 0 Å². The van der Waals surface area contributed by atoms with Gasteiger partial charge in [0.05, 0.1) is 0 Å². The van der Waals surface area contributed by atoms with Gasteiger partial charge in [0.2, 0.25) is 5.95 Å². The third kappa shape index (κ3) is 3.71. The Morgan fingerprint density at radius 1 is 0.966 bits per heavy atom. The average Bonchev–Trinajstić information content (AvgIpc) is 3.23. The summed E-state index contributed by atoms with van der Waals surface area (Å²) in [6, 6.07) is 17.2. The lowest BCUT2D eigenvalue weighted by molar-refractivity contribution is 0.138. The average molecular weight is 386 g/mol. The van der Waals surface area contributed by atoms with E-state index < -0.39 is 0 Å². The van der Waals surface area contributed by atoms with Crippen molar-refractivity contribution in [3.8, 4) is 16.9 Å². The molecule has 0 amide bonds. The Hall–Kier alpha value is -2.88. The SMILES string of the molecule is CCc1cnc(N2CCC(C3Cc4cc(-c5ccccc5)ccc4O3)CC2)nc1. The van der Waals surface area contributed by atoms with E-state index in [-0.39, 0.29) is 0 Å². The van der Waals surface area contributed by atoms with Crippen LogP contribution in [0.5, 0.6) is 5.75 Å². The number of benzene rings is 2. The Balaban J connectivity index is 1.22. The number of anilines is 1. The molecular weight excluding hydrogens is 358 g/mol. The van der Waals surface area contributed by atoms with Crippen LogP contribution in [0.25, 0.3) is 11.1 Å². The van der Waals surface area contributed by atoms with Gasteiger partial charge in [-0.05, 0) is 59.6 Å². The van der Waals surface area contributed by atoms with Crippen molar-refractivity contribution >= 4 is 5.95 Å². The minimum absolute atomic E-state index is 0.293. The van der Waals surface area contributed by atoms with E-state index in [2.05, 4.69) is 70.3 Å². The van der Waals surface area contributed by atoms with Gasteiger partial charge < -0.3 is 9.64 Å². The Morgan fingerprint density at radius 3 is 2.45 bits per heavy atom. The van der Waals surface area contributed by atoms with Crippen molar-refractivity contribution in [3.05, 3.63) is 72.1 Å². The molecular formula is C25H27N3O. The molecule has 1 saturated heterocycles. The van der Waals surface area contributed by atoms with Crippen LogP contribution in [0.3, 0.4) is 0 Å². The van der Waals surface area contributed by atoms with Gasteiger partial charge in [-0.1, -0.05) is 43.3 Å². The van der Waals surface area contributed by atoms with Crippen LogP contribution in [-0.4, -0.2) is 29.2 Å². The Bertz CT molecular complexity index is 963. The summed E-state index contributed by atoms with van der Waals surface area (Å²) in [5.41, 5.74) is 5.07. The second kappa shape index (κ2) is 7.86. The summed E-state index contributed by atoms with van der Waals surface area (Å²) in [7, 11) is 0. The molecule has 0 aliphatic carbocycles. The number of piperidine rings is 1. The van der Waals surface area contributed by atoms with Gasteiger partial charge in [0, 0.05) is 31.9 Å². The predicted molar refractivity (Wildman–Crippen MR) is 116 cm³/mol. The highest BCUT2D eigenvalue weighted by Gasteiger charge is 2.33. The van der Waals surface area contributed by atoms with E-state index in [1.807, 2.05) is 12.4 Å². The van der Waals surface area contributed by atoms with Crippen LogP contribution in [0.15, 0.2) is 60.9 Å². The van der Waals surface area contributed by atoms with Gasteiger partial charge in [0.1, 0.15) is 11.9 Å². The molecule has 2 aliphatic heterocycles. The first-order valence-electron chi connectivity index (χ1n) is 10.7. The largest absolute Gasteiger partial charge is 0.490 e. The normalized spacial score (nSPS) is 19.1. The quantitative estimate of drug-likeness (QED) is 0.638. The van der Waals surface area contributed by atoms with Crippen molar-refractivity contribution in [1.29, 1.82) is 0 Å². The Morgan fingerprint density at radius 2 is 1.72 bits per heavy atom. The molecule has 4 nitrogen and oxygen atoms in total. The maximum atomic E-state index is 6.36. The molecule has 0 spiro atoms. The van der Waals surface area contributed by atoms with E-state index in [1.165, 1.54) is 22.3 Å². The highest BCUT2D eigenvalue weighted by atomic mass is 16.5. The highest BCUT2D eigenvalue weighted by Crippen LogP contribution is 2.37. The fourth-order valence-corrected chi connectivity index (χ4v) is 4.51. The van der Waals surface area contributed by atoms with Crippen molar-refractivity contribution in [3.63, 3.8) is 0 Å². The second-order valence-corrected chi connectivity index (χ2v) is 8.12. The van der Waals surface area contributed by atoms with E-state index in [9.17, 15) is 0 Å². The fraction of sp³-hybridized carbons (Fsp3) is 0.360. The van der Waals surface area contributed by atoms with E-state index >= 15 is 0 Å². The monoisotopic (exact) mass is 385 g/mol. The molecule has 29 heavy (non-hydrogen) atoms. The van der Waals surface area contributed by atoms with Crippen molar-refractivity contribution < 1.29 is 4.74 Å². The summed E-state index contributed by atoms with van der Waals surface area (Å²) in [4.78, 5) is 11.4. The minimum Gasteiger partial charge on any atom is -0.490 e. The molecule has 2 aliphatic rings. The molecule has 5 rings (SSSR count). The Labute approximate surface area is 172 Å². The molecule has 2 aromatic carbocycles. The Kier molecular flexibility index (Phi) is 4.92. The lowest BCUT2D eigenvalue weighted by Crippen LogP contribution is -2.40. The molecule has 4 heteroatoms. The number of aromatic nitrogens is 2. The lowest BCUT2D eigenvalue weighted by Gasteiger charge is -2.34. The summed E-state index contributed by atoms with van der Waals surface area (Å²) in [6.07, 6.45) is 8.45. The smallest absolute Gasteiger partial charge is 0.225 e. The topological polar surface area (TPSA) is 38.2 Å². The summed E-state index contributed by atoms with van der Waals surface area (Å²) < 4.78 is 6.36. The summed E-state index contributed by atoms with van der Waals surface area (Å²) in [5, 5.41) is 0. The maximum Gasteiger partial charge on any atom is 0.225 e. The molecule has 0 radical (unpaired) electrons. The second-order valence-electron chi connectivity index (χ2n) is 8.12. The van der Waals surface area contributed by atoms with Crippen molar-refractivity contribution in [2.75, 3.05) is 18.0 Å². The van der Waals surface area contributed by atoms with Crippen LogP contribution in [0.2, 0.25) is 0 Å². The van der Waals surface area contributed by atoms with E-state index in [0.29, 0.717) is 12.0 Å². The van der Waals surface area contributed by atoms with Gasteiger partial charge in [-0.2, -0.15) is 0 Å². The standard InChI is InChI=1S/C25H27N3O/c1-2-18-16-26-25(27-17-18)28-12-10-20(11-13-28)24-15-22-14-21(8-9-23(22)29-24)19-6-4-3-5-7-19/h3-9,14,16-17,20,24H,2,10-13,15H2,1H3. The number of hydrogen-bond acceptors (Lipinski definition) is 4. The molecule has 1 unspecified atom stereocenters. The van der Waals surface area contributed by atoms with Crippen LogP contribution in [-0.2, 0) is 12.8 Å². The summed E-state index contributed by atoms with van der Waals surface area (Å²) >= 11 is 0. The number of ether oxygens (including phenoxy) is 1.